The molecule has 112 valence electrons. The Kier molecular flexibility index (Phi) is 4.93. The molecule has 1 unspecified atom stereocenters. The third kappa shape index (κ3) is 3.59. The van der Waals surface area contributed by atoms with E-state index < -0.39 is 0 Å². The van der Waals surface area contributed by atoms with Crippen molar-refractivity contribution in [1.29, 1.82) is 0 Å². The molecule has 1 aliphatic heterocycles. The molecule has 1 amide bonds. The van der Waals surface area contributed by atoms with Crippen molar-refractivity contribution < 1.29 is 9.32 Å². The van der Waals surface area contributed by atoms with E-state index in [0.29, 0.717) is 17.3 Å². The molecule has 0 bridgehead atoms. The zero-order valence-electron chi connectivity index (χ0n) is 11.6. The Bertz CT molecular complexity index is 623. The summed E-state index contributed by atoms with van der Waals surface area (Å²) in [5.74, 6) is 0.937. The van der Waals surface area contributed by atoms with Gasteiger partial charge in [-0.2, -0.15) is 4.98 Å². The van der Waals surface area contributed by atoms with Gasteiger partial charge in [0.05, 0.1) is 0 Å². The molecule has 2 heterocycles. The number of nitrogens with one attached hydrogen (secondary N) is 2. The molecule has 1 aromatic carbocycles. The van der Waals surface area contributed by atoms with Crippen LogP contribution in [0.15, 0.2) is 28.8 Å². The third-order valence-electron chi connectivity index (χ3n) is 3.31. The van der Waals surface area contributed by atoms with E-state index in [0.717, 1.165) is 25.1 Å². The van der Waals surface area contributed by atoms with Crippen LogP contribution in [-0.2, 0) is 0 Å². The van der Waals surface area contributed by atoms with E-state index in [1.807, 2.05) is 12.1 Å². The number of amides is 1. The Labute approximate surface area is 128 Å². The van der Waals surface area contributed by atoms with Gasteiger partial charge in [-0.1, -0.05) is 17.3 Å². The molecule has 1 atom stereocenters. The van der Waals surface area contributed by atoms with Crippen LogP contribution in [0.3, 0.4) is 0 Å². The summed E-state index contributed by atoms with van der Waals surface area (Å²) in [6.45, 7) is 3.52. The van der Waals surface area contributed by atoms with Crippen LogP contribution in [0, 0.1) is 6.92 Å². The topological polar surface area (TPSA) is 80.0 Å². The summed E-state index contributed by atoms with van der Waals surface area (Å²) in [4.78, 5) is 16.4. The number of rotatable bonds is 3. The van der Waals surface area contributed by atoms with E-state index in [2.05, 4.69) is 20.8 Å². The summed E-state index contributed by atoms with van der Waals surface area (Å²) < 4.78 is 4.96. The zero-order valence-corrected chi connectivity index (χ0v) is 12.4. The quantitative estimate of drug-likeness (QED) is 0.899. The number of carbonyl (C=O) groups excluding carboxylic acids is 1. The maximum Gasteiger partial charge on any atom is 0.251 e. The van der Waals surface area contributed by atoms with E-state index in [-0.39, 0.29) is 24.4 Å². The summed E-state index contributed by atoms with van der Waals surface area (Å²) in [7, 11) is 0. The largest absolute Gasteiger partial charge is 0.348 e. The predicted octanol–water partition coefficient (Wildman–Crippen LogP) is 1.56. The predicted molar refractivity (Wildman–Crippen MR) is 80.5 cm³/mol. The lowest BCUT2D eigenvalue weighted by atomic mass is 10.1. The second-order valence-electron chi connectivity index (χ2n) is 4.88. The van der Waals surface area contributed by atoms with Gasteiger partial charge in [0, 0.05) is 30.6 Å². The maximum atomic E-state index is 12.2. The van der Waals surface area contributed by atoms with E-state index in [1.165, 1.54) is 0 Å². The van der Waals surface area contributed by atoms with Gasteiger partial charge in [-0.25, -0.2) is 0 Å². The smallest absolute Gasteiger partial charge is 0.251 e. The Morgan fingerprint density at radius 2 is 2.33 bits per heavy atom. The average Bonchev–Trinajstić information content (AvgIpc) is 3.10. The lowest BCUT2D eigenvalue weighted by molar-refractivity contribution is 0.0940. The van der Waals surface area contributed by atoms with Crippen molar-refractivity contribution in [3.8, 4) is 11.4 Å². The molecule has 2 aromatic rings. The highest BCUT2D eigenvalue weighted by Gasteiger charge is 2.18. The van der Waals surface area contributed by atoms with Crippen LogP contribution in [0.5, 0.6) is 0 Å². The van der Waals surface area contributed by atoms with Crippen LogP contribution in [0.4, 0.5) is 0 Å². The highest BCUT2D eigenvalue weighted by Crippen LogP contribution is 2.17. The Morgan fingerprint density at radius 1 is 1.48 bits per heavy atom. The summed E-state index contributed by atoms with van der Waals surface area (Å²) >= 11 is 0. The SMILES string of the molecule is Cc1nc(-c2cccc(C(=O)NC3CCNC3)c2)no1.Cl. The Hall–Kier alpha value is -1.92. The first-order valence-corrected chi connectivity index (χ1v) is 6.65. The molecular formula is C14H17ClN4O2. The Morgan fingerprint density at radius 3 is 3.00 bits per heavy atom. The number of halogens is 1. The van der Waals surface area contributed by atoms with Crippen LogP contribution in [0.25, 0.3) is 11.4 Å². The summed E-state index contributed by atoms with van der Waals surface area (Å²) in [6.07, 6.45) is 0.968. The molecule has 0 saturated carbocycles. The van der Waals surface area contributed by atoms with Crippen molar-refractivity contribution >= 4 is 18.3 Å². The standard InChI is InChI=1S/C14H16N4O2.ClH/c1-9-16-13(18-20-9)10-3-2-4-11(7-10)14(19)17-12-5-6-15-8-12;/h2-4,7,12,15H,5-6,8H2,1H3,(H,17,19);1H. The molecule has 0 spiro atoms. The lowest BCUT2D eigenvalue weighted by Gasteiger charge is -2.11. The van der Waals surface area contributed by atoms with E-state index >= 15 is 0 Å². The normalized spacial score (nSPS) is 17.3. The van der Waals surface area contributed by atoms with Crippen LogP contribution in [0.1, 0.15) is 22.7 Å². The van der Waals surface area contributed by atoms with Gasteiger partial charge in [-0.15, -0.1) is 12.4 Å². The molecular weight excluding hydrogens is 292 g/mol. The van der Waals surface area contributed by atoms with Gasteiger partial charge in [0.15, 0.2) is 0 Å². The van der Waals surface area contributed by atoms with Crippen molar-refractivity contribution in [1.82, 2.24) is 20.8 Å². The van der Waals surface area contributed by atoms with Crippen LogP contribution >= 0.6 is 12.4 Å². The van der Waals surface area contributed by atoms with Crippen molar-refractivity contribution in [2.75, 3.05) is 13.1 Å². The van der Waals surface area contributed by atoms with Crippen molar-refractivity contribution in [2.24, 2.45) is 0 Å². The summed E-state index contributed by atoms with van der Waals surface area (Å²) in [5, 5.41) is 10.1. The van der Waals surface area contributed by atoms with Crippen LogP contribution in [-0.4, -0.2) is 35.2 Å². The molecule has 21 heavy (non-hydrogen) atoms. The molecule has 0 aliphatic carbocycles. The second-order valence-corrected chi connectivity index (χ2v) is 4.88. The highest BCUT2D eigenvalue weighted by atomic mass is 35.5. The van der Waals surface area contributed by atoms with E-state index in [9.17, 15) is 4.79 Å². The fraction of sp³-hybridized carbons (Fsp3) is 0.357. The first kappa shape index (κ1) is 15.5. The van der Waals surface area contributed by atoms with E-state index in [1.54, 1.807) is 19.1 Å². The van der Waals surface area contributed by atoms with Crippen LogP contribution < -0.4 is 10.6 Å². The molecule has 2 N–H and O–H groups in total. The van der Waals surface area contributed by atoms with Gasteiger partial charge < -0.3 is 15.2 Å². The van der Waals surface area contributed by atoms with Gasteiger partial charge in [-0.3, -0.25) is 4.79 Å². The Balaban J connectivity index is 0.00000161. The monoisotopic (exact) mass is 308 g/mol. The number of nitrogens with zero attached hydrogens (tertiary/aromatic N) is 2. The van der Waals surface area contributed by atoms with Gasteiger partial charge in [0.1, 0.15) is 0 Å². The van der Waals surface area contributed by atoms with Crippen molar-refractivity contribution in [3.05, 3.63) is 35.7 Å². The number of aromatic nitrogens is 2. The first-order valence-electron chi connectivity index (χ1n) is 6.65. The molecule has 7 heteroatoms. The molecule has 1 fully saturated rings. The molecule has 3 rings (SSSR count). The van der Waals surface area contributed by atoms with Gasteiger partial charge in [-0.05, 0) is 25.1 Å². The number of aryl methyl sites for hydroxylation is 1. The van der Waals surface area contributed by atoms with Gasteiger partial charge >= 0.3 is 0 Å². The molecule has 1 aromatic heterocycles. The third-order valence-corrected chi connectivity index (χ3v) is 3.31. The molecule has 0 radical (unpaired) electrons. The van der Waals surface area contributed by atoms with Crippen molar-refractivity contribution in [3.63, 3.8) is 0 Å². The second kappa shape index (κ2) is 6.69. The summed E-state index contributed by atoms with van der Waals surface area (Å²) in [5.41, 5.74) is 1.39. The van der Waals surface area contributed by atoms with Gasteiger partial charge in [0.25, 0.3) is 5.91 Å². The van der Waals surface area contributed by atoms with Crippen molar-refractivity contribution in [2.45, 2.75) is 19.4 Å². The average molecular weight is 309 g/mol. The minimum absolute atomic E-state index is 0. The number of benzene rings is 1. The minimum Gasteiger partial charge on any atom is -0.348 e. The number of hydrogen-bond donors (Lipinski definition) is 2. The van der Waals surface area contributed by atoms with Crippen LogP contribution in [0.2, 0.25) is 0 Å². The highest BCUT2D eigenvalue weighted by molar-refractivity contribution is 5.95. The lowest BCUT2D eigenvalue weighted by Crippen LogP contribution is -2.36. The fourth-order valence-electron chi connectivity index (χ4n) is 2.26. The molecule has 1 saturated heterocycles. The zero-order chi connectivity index (χ0) is 13.9. The van der Waals surface area contributed by atoms with E-state index in [4.69, 9.17) is 4.52 Å². The minimum atomic E-state index is -0.0687. The fourth-order valence-corrected chi connectivity index (χ4v) is 2.26. The molecule has 6 nitrogen and oxygen atoms in total. The number of carbonyl (C=O) groups is 1. The van der Waals surface area contributed by atoms with Gasteiger partial charge in [0.2, 0.25) is 11.7 Å². The first-order chi connectivity index (χ1) is 9.72. The molecule has 1 aliphatic rings. The maximum absolute atomic E-state index is 12.2. The number of hydrogen-bond acceptors (Lipinski definition) is 5. The summed E-state index contributed by atoms with van der Waals surface area (Å²) in [6, 6.07) is 7.45.